The Morgan fingerprint density at radius 1 is 1.10 bits per heavy atom. The van der Waals surface area contributed by atoms with E-state index >= 15 is 0 Å². The van der Waals surface area contributed by atoms with Crippen LogP contribution >= 0.6 is 0 Å². The van der Waals surface area contributed by atoms with Crippen LogP contribution in [0.15, 0.2) is 28.7 Å². The van der Waals surface area contributed by atoms with Gasteiger partial charge < -0.3 is 23.7 Å². The molecule has 1 N–H and O–H groups in total. The Balaban J connectivity index is 1.63. The molecular formula is C23H24O6. The Labute approximate surface area is 169 Å². The molecule has 29 heavy (non-hydrogen) atoms. The lowest BCUT2D eigenvalue weighted by molar-refractivity contribution is -0.136. The number of rotatable bonds is 6. The molecule has 2 heterocycles. The van der Waals surface area contributed by atoms with Gasteiger partial charge in [0.15, 0.2) is 11.5 Å². The fraction of sp³-hybridized carbons (Fsp3) is 0.348. The minimum Gasteiger partial charge on any atom is -0.488 e. The van der Waals surface area contributed by atoms with Crippen molar-refractivity contribution in [3.63, 3.8) is 0 Å². The van der Waals surface area contributed by atoms with E-state index in [1.165, 1.54) is 0 Å². The van der Waals surface area contributed by atoms with Gasteiger partial charge in [-0.15, -0.1) is 0 Å². The molecule has 152 valence electrons. The zero-order chi connectivity index (χ0) is 20.5. The smallest absolute Gasteiger partial charge is 0.303 e. The molecule has 0 aliphatic carbocycles. The van der Waals surface area contributed by atoms with E-state index in [1.54, 1.807) is 0 Å². The largest absolute Gasteiger partial charge is 0.488 e. The number of fused-ring (bicyclic) bond motifs is 2. The highest BCUT2D eigenvalue weighted by molar-refractivity contribution is 5.86. The number of hydrogen-bond acceptors (Lipinski definition) is 5. The average Bonchev–Trinajstić information content (AvgIpc) is 3.07. The second-order valence-corrected chi connectivity index (χ2v) is 7.31. The fourth-order valence-electron chi connectivity index (χ4n) is 3.70. The molecule has 0 spiro atoms. The highest BCUT2D eigenvalue weighted by Gasteiger charge is 2.23. The fourth-order valence-corrected chi connectivity index (χ4v) is 3.70. The minimum absolute atomic E-state index is 0.115. The van der Waals surface area contributed by atoms with E-state index in [2.05, 4.69) is 0 Å². The van der Waals surface area contributed by atoms with Gasteiger partial charge in [0, 0.05) is 11.8 Å². The Kier molecular flexibility index (Phi) is 5.09. The standard InChI is InChI=1S/C23H24O6/c1-13-10-17-11-20-23(27-9-8-26-20)18(22(17)29-13)12-28-19-6-4-16(5-7-21(24)25)14(2)15(19)3/h4,6,10-11H,5,7-9,12H2,1-3H3,(H,24,25). The molecule has 1 aliphatic heterocycles. The van der Waals surface area contributed by atoms with Gasteiger partial charge in [-0.3, -0.25) is 4.79 Å². The van der Waals surface area contributed by atoms with Crippen LogP contribution < -0.4 is 14.2 Å². The second-order valence-electron chi connectivity index (χ2n) is 7.31. The van der Waals surface area contributed by atoms with Crippen molar-refractivity contribution in [2.75, 3.05) is 13.2 Å². The number of furan rings is 1. The summed E-state index contributed by atoms with van der Waals surface area (Å²) in [7, 11) is 0. The number of carbonyl (C=O) groups is 1. The average molecular weight is 396 g/mol. The van der Waals surface area contributed by atoms with Crippen molar-refractivity contribution < 1.29 is 28.5 Å². The van der Waals surface area contributed by atoms with Gasteiger partial charge in [-0.1, -0.05) is 6.07 Å². The normalized spacial score (nSPS) is 12.9. The highest BCUT2D eigenvalue weighted by Crippen LogP contribution is 2.41. The van der Waals surface area contributed by atoms with Crippen molar-refractivity contribution in [1.29, 1.82) is 0 Å². The van der Waals surface area contributed by atoms with Crippen LogP contribution in [0.3, 0.4) is 0 Å². The second kappa shape index (κ2) is 7.70. The van der Waals surface area contributed by atoms with Crippen LogP contribution in [0.5, 0.6) is 17.2 Å². The van der Waals surface area contributed by atoms with E-state index in [-0.39, 0.29) is 13.0 Å². The summed E-state index contributed by atoms with van der Waals surface area (Å²) in [6, 6.07) is 7.75. The summed E-state index contributed by atoms with van der Waals surface area (Å²) in [5, 5.41) is 9.89. The third-order valence-electron chi connectivity index (χ3n) is 5.36. The molecule has 0 radical (unpaired) electrons. The van der Waals surface area contributed by atoms with Crippen molar-refractivity contribution >= 4 is 16.9 Å². The summed E-state index contributed by atoms with van der Waals surface area (Å²) < 4.78 is 23.7. The number of benzene rings is 2. The van der Waals surface area contributed by atoms with E-state index in [0.29, 0.717) is 31.1 Å². The van der Waals surface area contributed by atoms with Gasteiger partial charge in [-0.2, -0.15) is 0 Å². The molecule has 0 saturated heterocycles. The predicted molar refractivity (Wildman–Crippen MR) is 108 cm³/mol. The maximum Gasteiger partial charge on any atom is 0.303 e. The summed E-state index contributed by atoms with van der Waals surface area (Å²) in [6.07, 6.45) is 0.621. The monoisotopic (exact) mass is 396 g/mol. The Bertz CT molecular complexity index is 1080. The van der Waals surface area contributed by atoms with Crippen molar-refractivity contribution in [2.24, 2.45) is 0 Å². The summed E-state index contributed by atoms with van der Waals surface area (Å²) in [5.74, 6) is 2.16. The Morgan fingerprint density at radius 3 is 2.69 bits per heavy atom. The Hall–Kier alpha value is -3.15. The van der Waals surface area contributed by atoms with Crippen molar-refractivity contribution in [3.8, 4) is 17.2 Å². The SMILES string of the molecule is Cc1cc2cc3c(c(COc4ccc(CCC(=O)O)c(C)c4C)c2o1)OCCO3. The molecule has 0 unspecified atom stereocenters. The van der Waals surface area contributed by atoms with Crippen LogP contribution in [0.2, 0.25) is 0 Å². The van der Waals surface area contributed by atoms with Crippen LogP contribution in [0, 0.1) is 20.8 Å². The number of carboxylic acid groups (broad SMARTS) is 1. The summed E-state index contributed by atoms with van der Waals surface area (Å²) in [6.45, 7) is 7.18. The Morgan fingerprint density at radius 2 is 1.90 bits per heavy atom. The molecule has 3 aromatic rings. The van der Waals surface area contributed by atoms with Crippen LogP contribution in [0.4, 0.5) is 0 Å². The molecule has 1 aliphatic rings. The molecule has 2 aromatic carbocycles. The van der Waals surface area contributed by atoms with Gasteiger partial charge in [0.2, 0.25) is 0 Å². The first kappa shape index (κ1) is 19.2. The maximum atomic E-state index is 10.9. The molecule has 0 atom stereocenters. The first-order valence-corrected chi connectivity index (χ1v) is 9.69. The van der Waals surface area contributed by atoms with Crippen LogP contribution in [-0.2, 0) is 17.8 Å². The van der Waals surface area contributed by atoms with Gasteiger partial charge >= 0.3 is 5.97 Å². The topological polar surface area (TPSA) is 78.1 Å². The summed E-state index contributed by atoms with van der Waals surface area (Å²) >= 11 is 0. The zero-order valence-corrected chi connectivity index (χ0v) is 16.8. The van der Waals surface area contributed by atoms with Crippen LogP contribution in [0.1, 0.15) is 34.4 Å². The lowest BCUT2D eigenvalue weighted by Crippen LogP contribution is -2.17. The summed E-state index contributed by atoms with van der Waals surface area (Å²) in [5.41, 5.74) is 4.66. The van der Waals surface area contributed by atoms with E-state index < -0.39 is 5.97 Å². The lowest BCUT2D eigenvalue weighted by Gasteiger charge is -2.22. The number of hydrogen-bond donors (Lipinski definition) is 1. The van der Waals surface area contributed by atoms with Gasteiger partial charge in [-0.05, 0) is 62.1 Å². The molecule has 0 saturated carbocycles. The van der Waals surface area contributed by atoms with E-state index in [9.17, 15) is 4.79 Å². The number of carboxylic acids is 1. The van der Waals surface area contributed by atoms with Crippen molar-refractivity contribution in [3.05, 3.63) is 52.3 Å². The molecule has 0 bridgehead atoms. The predicted octanol–water partition coefficient (Wildman–Crippen LogP) is 4.73. The van der Waals surface area contributed by atoms with Crippen molar-refractivity contribution in [1.82, 2.24) is 0 Å². The molecule has 0 amide bonds. The van der Waals surface area contributed by atoms with Gasteiger partial charge in [0.1, 0.15) is 36.9 Å². The van der Waals surface area contributed by atoms with Crippen LogP contribution in [-0.4, -0.2) is 24.3 Å². The van der Waals surface area contributed by atoms with Crippen molar-refractivity contribution in [2.45, 2.75) is 40.2 Å². The minimum atomic E-state index is -0.795. The van der Waals surface area contributed by atoms with E-state index in [4.69, 9.17) is 23.7 Å². The number of aliphatic carboxylic acids is 1. The molecule has 0 fully saturated rings. The molecule has 1 aromatic heterocycles. The van der Waals surface area contributed by atoms with E-state index in [1.807, 2.05) is 45.0 Å². The van der Waals surface area contributed by atoms with Gasteiger partial charge in [0.25, 0.3) is 0 Å². The molecule has 6 heteroatoms. The van der Waals surface area contributed by atoms with Crippen LogP contribution in [0.25, 0.3) is 11.0 Å². The quantitative estimate of drug-likeness (QED) is 0.649. The maximum absolute atomic E-state index is 10.9. The third kappa shape index (κ3) is 3.75. The zero-order valence-electron chi connectivity index (χ0n) is 16.8. The lowest BCUT2D eigenvalue weighted by atomic mass is 9.99. The summed E-state index contributed by atoms with van der Waals surface area (Å²) in [4.78, 5) is 10.9. The van der Waals surface area contributed by atoms with Gasteiger partial charge in [-0.25, -0.2) is 0 Å². The molecule has 6 nitrogen and oxygen atoms in total. The first-order valence-electron chi connectivity index (χ1n) is 9.69. The first-order chi connectivity index (χ1) is 13.9. The third-order valence-corrected chi connectivity index (χ3v) is 5.36. The number of ether oxygens (including phenoxy) is 3. The molecule has 4 rings (SSSR count). The van der Waals surface area contributed by atoms with E-state index in [0.717, 1.165) is 44.7 Å². The highest BCUT2D eigenvalue weighted by atomic mass is 16.6. The molecular weight excluding hydrogens is 372 g/mol. The van der Waals surface area contributed by atoms with Gasteiger partial charge in [0.05, 0.1) is 5.56 Å². The number of aryl methyl sites for hydroxylation is 2.